The maximum atomic E-state index is 12.3. The van der Waals surface area contributed by atoms with E-state index in [1.807, 2.05) is 19.9 Å². The normalized spacial score (nSPS) is 10.5. The third-order valence-corrected chi connectivity index (χ3v) is 4.24. The zero-order valence-corrected chi connectivity index (χ0v) is 15.9. The minimum absolute atomic E-state index is 0.217. The standard InChI is InChI=1S/C21H20ClNO4/c1-3-25-16-6-4-15(5-7-16)23-21(24)20-11-9-18(27-20)13-26-17-8-10-19(22)14(2)12-17/h4-12H,3,13H2,1-2H3,(H,23,24). The molecule has 6 heteroatoms. The number of aryl methyl sites for hydroxylation is 1. The van der Waals surface area contributed by atoms with Crippen LogP contribution in [0.2, 0.25) is 5.02 Å². The van der Waals surface area contributed by atoms with Crippen LogP contribution < -0.4 is 14.8 Å². The van der Waals surface area contributed by atoms with Crippen LogP contribution in [0.1, 0.15) is 28.8 Å². The molecule has 0 atom stereocenters. The average molecular weight is 386 g/mol. The summed E-state index contributed by atoms with van der Waals surface area (Å²) in [5.74, 6) is 1.89. The van der Waals surface area contributed by atoms with Crippen LogP contribution in [0.15, 0.2) is 59.0 Å². The Labute approximate surface area is 162 Å². The molecular formula is C21H20ClNO4. The molecule has 0 aliphatic rings. The van der Waals surface area contributed by atoms with Crippen molar-refractivity contribution >= 4 is 23.2 Å². The minimum atomic E-state index is -0.326. The Morgan fingerprint density at radius 3 is 2.48 bits per heavy atom. The Morgan fingerprint density at radius 2 is 1.78 bits per heavy atom. The number of anilines is 1. The molecule has 0 spiro atoms. The maximum absolute atomic E-state index is 12.3. The summed E-state index contributed by atoms with van der Waals surface area (Å²) in [4.78, 5) is 12.3. The van der Waals surface area contributed by atoms with Gasteiger partial charge in [0.2, 0.25) is 0 Å². The summed E-state index contributed by atoms with van der Waals surface area (Å²) in [5, 5.41) is 3.47. The Hall–Kier alpha value is -2.92. The molecule has 1 heterocycles. The van der Waals surface area contributed by atoms with Gasteiger partial charge in [-0.05, 0) is 74.0 Å². The van der Waals surface area contributed by atoms with Gasteiger partial charge in [0.05, 0.1) is 6.61 Å². The molecule has 27 heavy (non-hydrogen) atoms. The monoisotopic (exact) mass is 385 g/mol. The molecular weight excluding hydrogens is 366 g/mol. The van der Waals surface area contributed by atoms with Gasteiger partial charge in [0.25, 0.3) is 5.91 Å². The molecule has 0 aliphatic carbocycles. The number of hydrogen-bond donors (Lipinski definition) is 1. The van der Waals surface area contributed by atoms with Crippen molar-refractivity contribution in [1.29, 1.82) is 0 Å². The molecule has 3 aromatic rings. The van der Waals surface area contributed by atoms with E-state index in [2.05, 4.69) is 5.32 Å². The minimum Gasteiger partial charge on any atom is -0.494 e. The third kappa shape index (κ3) is 5.05. The van der Waals surface area contributed by atoms with Gasteiger partial charge in [0.1, 0.15) is 23.9 Å². The van der Waals surface area contributed by atoms with Gasteiger partial charge in [-0.2, -0.15) is 0 Å². The molecule has 5 nitrogen and oxygen atoms in total. The lowest BCUT2D eigenvalue weighted by Gasteiger charge is -2.07. The highest BCUT2D eigenvalue weighted by Crippen LogP contribution is 2.22. The van der Waals surface area contributed by atoms with Crippen molar-refractivity contribution in [2.45, 2.75) is 20.5 Å². The molecule has 0 fully saturated rings. The van der Waals surface area contributed by atoms with Crippen molar-refractivity contribution < 1.29 is 18.7 Å². The molecule has 0 unspecified atom stereocenters. The Balaban J connectivity index is 1.57. The number of amides is 1. The number of hydrogen-bond acceptors (Lipinski definition) is 4. The number of halogens is 1. The van der Waals surface area contributed by atoms with E-state index in [-0.39, 0.29) is 18.3 Å². The van der Waals surface area contributed by atoms with Gasteiger partial charge in [-0.3, -0.25) is 4.79 Å². The summed E-state index contributed by atoms with van der Waals surface area (Å²) in [6, 6.07) is 15.9. The fourth-order valence-corrected chi connectivity index (χ4v) is 2.55. The largest absolute Gasteiger partial charge is 0.494 e. The van der Waals surface area contributed by atoms with Gasteiger partial charge >= 0.3 is 0 Å². The van der Waals surface area contributed by atoms with E-state index >= 15 is 0 Å². The van der Waals surface area contributed by atoms with Crippen LogP contribution in [-0.2, 0) is 6.61 Å². The van der Waals surface area contributed by atoms with Gasteiger partial charge in [-0.15, -0.1) is 0 Å². The van der Waals surface area contributed by atoms with Crippen LogP contribution >= 0.6 is 11.6 Å². The predicted octanol–water partition coefficient (Wildman–Crippen LogP) is 5.47. The number of nitrogens with one attached hydrogen (secondary N) is 1. The van der Waals surface area contributed by atoms with Crippen LogP contribution in [-0.4, -0.2) is 12.5 Å². The topological polar surface area (TPSA) is 60.7 Å². The number of furan rings is 1. The van der Waals surface area contributed by atoms with E-state index in [1.165, 1.54) is 0 Å². The van der Waals surface area contributed by atoms with Gasteiger partial charge in [0, 0.05) is 10.7 Å². The molecule has 1 aromatic heterocycles. The number of carbonyl (C=O) groups excluding carboxylic acids is 1. The van der Waals surface area contributed by atoms with E-state index in [0.717, 1.165) is 11.3 Å². The second kappa shape index (κ2) is 8.64. The SMILES string of the molecule is CCOc1ccc(NC(=O)c2ccc(COc3ccc(Cl)c(C)c3)o2)cc1. The number of ether oxygens (including phenoxy) is 2. The molecule has 0 saturated heterocycles. The molecule has 1 amide bonds. The van der Waals surface area contributed by atoms with E-state index in [1.54, 1.807) is 48.5 Å². The molecule has 0 bridgehead atoms. The Kier molecular flexibility index (Phi) is 6.04. The molecule has 2 aromatic carbocycles. The smallest absolute Gasteiger partial charge is 0.291 e. The summed E-state index contributed by atoms with van der Waals surface area (Å²) in [5.41, 5.74) is 1.60. The molecule has 0 aliphatic heterocycles. The van der Waals surface area contributed by atoms with Crippen LogP contribution in [0, 0.1) is 6.92 Å². The highest BCUT2D eigenvalue weighted by Gasteiger charge is 2.12. The first-order chi connectivity index (χ1) is 13.0. The lowest BCUT2D eigenvalue weighted by Crippen LogP contribution is -2.10. The first-order valence-electron chi connectivity index (χ1n) is 8.57. The van der Waals surface area contributed by atoms with Crippen molar-refractivity contribution in [2.75, 3.05) is 11.9 Å². The average Bonchev–Trinajstić information content (AvgIpc) is 3.14. The fraction of sp³-hybridized carbons (Fsp3) is 0.190. The Morgan fingerprint density at radius 1 is 1.04 bits per heavy atom. The van der Waals surface area contributed by atoms with E-state index < -0.39 is 0 Å². The molecule has 3 rings (SSSR count). The van der Waals surface area contributed by atoms with Crippen LogP contribution in [0.4, 0.5) is 5.69 Å². The predicted molar refractivity (Wildman–Crippen MR) is 105 cm³/mol. The second-order valence-corrected chi connectivity index (χ2v) is 6.28. The van der Waals surface area contributed by atoms with Crippen LogP contribution in [0.5, 0.6) is 11.5 Å². The number of rotatable bonds is 7. The first kappa shape index (κ1) is 18.9. The molecule has 140 valence electrons. The van der Waals surface area contributed by atoms with Crippen molar-refractivity contribution in [3.05, 3.63) is 76.7 Å². The summed E-state index contributed by atoms with van der Waals surface area (Å²) < 4.78 is 16.6. The summed E-state index contributed by atoms with van der Waals surface area (Å²) in [6.07, 6.45) is 0. The van der Waals surface area contributed by atoms with E-state index in [4.69, 9.17) is 25.5 Å². The fourth-order valence-electron chi connectivity index (χ4n) is 2.43. The van der Waals surface area contributed by atoms with Gasteiger partial charge in [0.15, 0.2) is 5.76 Å². The first-order valence-corrected chi connectivity index (χ1v) is 8.95. The third-order valence-electron chi connectivity index (χ3n) is 3.82. The zero-order valence-electron chi connectivity index (χ0n) is 15.1. The molecule has 0 saturated carbocycles. The molecule has 1 N–H and O–H groups in total. The number of benzene rings is 2. The summed E-state index contributed by atoms with van der Waals surface area (Å²) in [6.45, 7) is 4.64. The lowest BCUT2D eigenvalue weighted by molar-refractivity contribution is 0.0992. The summed E-state index contributed by atoms with van der Waals surface area (Å²) in [7, 11) is 0. The van der Waals surface area contributed by atoms with Crippen LogP contribution in [0.25, 0.3) is 0 Å². The lowest BCUT2D eigenvalue weighted by atomic mass is 10.2. The van der Waals surface area contributed by atoms with Gasteiger partial charge in [-0.25, -0.2) is 0 Å². The van der Waals surface area contributed by atoms with Crippen molar-refractivity contribution in [1.82, 2.24) is 0 Å². The van der Waals surface area contributed by atoms with Gasteiger partial charge in [-0.1, -0.05) is 11.6 Å². The van der Waals surface area contributed by atoms with Crippen molar-refractivity contribution in [3.63, 3.8) is 0 Å². The highest BCUT2D eigenvalue weighted by molar-refractivity contribution is 6.31. The second-order valence-electron chi connectivity index (χ2n) is 5.88. The zero-order chi connectivity index (χ0) is 19.2. The number of carbonyl (C=O) groups is 1. The molecule has 0 radical (unpaired) electrons. The van der Waals surface area contributed by atoms with Crippen LogP contribution in [0.3, 0.4) is 0 Å². The van der Waals surface area contributed by atoms with Gasteiger partial charge < -0.3 is 19.2 Å². The quantitative estimate of drug-likeness (QED) is 0.585. The maximum Gasteiger partial charge on any atom is 0.291 e. The summed E-state index contributed by atoms with van der Waals surface area (Å²) >= 11 is 6.00. The Bertz CT molecular complexity index is 918. The highest BCUT2D eigenvalue weighted by atomic mass is 35.5. The van der Waals surface area contributed by atoms with E-state index in [0.29, 0.717) is 28.8 Å². The van der Waals surface area contributed by atoms with Crippen molar-refractivity contribution in [3.8, 4) is 11.5 Å². The van der Waals surface area contributed by atoms with E-state index in [9.17, 15) is 4.79 Å². The van der Waals surface area contributed by atoms with Crippen molar-refractivity contribution in [2.24, 2.45) is 0 Å².